The Balaban J connectivity index is 3.03. The molecule has 1 aliphatic carbocycles. The molecule has 0 radical (unpaired) electrons. The molecule has 1 atom stereocenters. The van der Waals surface area contributed by atoms with E-state index in [-0.39, 0.29) is 17.2 Å². The molecule has 160 valence electrons. The third-order valence-corrected chi connectivity index (χ3v) is 9.63. The maximum absolute atomic E-state index is 12.5. The van der Waals surface area contributed by atoms with E-state index in [0.717, 1.165) is 0 Å². The van der Waals surface area contributed by atoms with E-state index in [2.05, 4.69) is 57.5 Å². The summed E-state index contributed by atoms with van der Waals surface area (Å²) >= 11 is 0. The van der Waals surface area contributed by atoms with Gasteiger partial charge in [-0.15, -0.1) is 0 Å². The Labute approximate surface area is 171 Å². The molecule has 0 aromatic carbocycles. The van der Waals surface area contributed by atoms with Crippen molar-refractivity contribution in [1.29, 1.82) is 0 Å². The number of alkyl halides is 3. The maximum Gasteiger partial charge on any atom is 0.471 e. The zero-order valence-electron chi connectivity index (χ0n) is 17.5. The van der Waals surface area contributed by atoms with Gasteiger partial charge in [0.2, 0.25) is 0 Å². The molecule has 0 heterocycles. The molecule has 4 nitrogen and oxygen atoms in total. The van der Waals surface area contributed by atoms with E-state index in [1.165, 1.54) is 0 Å². The number of unbranched alkanes of at least 4 members (excludes halogenated alkanes) is 1. The van der Waals surface area contributed by atoms with Crippen molar-refractivity contribution in [1.82, 2.24) is 5.32 Å². The fraction of sp³-hybridized carbons (Fsp3) is 0.619. The summed E-state index contributed by atoms with van der Waals surface area (Å²) in [4.78, 5) is 21.4. The number of carbonyl (C=O) groups is 2. The number of hydrogen-bond donors (Lipinski definition) is 1. The second kappa shape index (κ2) is 9.64. The van der Waals surface area contributed by atoms with E-state index >= 15 is 0 Å². The first-order valence-corrected chi connectivity index (χ1v) is 12.3. The molecular formula is C21H28F3NO3Si. The number of nitrogens with one attached hydrogen (secondary N) is 1. The van der Waals surface area contributed by atoms with Crippen molar-refractivity contribution < 1.29 is 27.2 Å². The molecule has 0 aromatic rings. The van der Waals surface area contributed by atoms with E-state index in [4.69, 9.17) is 4.43 Å². The van der Waals surface area contributed by atoms with Gasteiger partial charge in [-0.1, -0.05) is 44.6 Å². The van der Waals surface area contributed by atoms with Crippen LogP contribution in [0.25, 0.3) is 0 Å². The van der Waals surface area contributed by atoms with Crippen LogP contribution in [0.15, 0.2) is 11.8 Å². The second-order valence-corrected chi connectivity index (χ2v) is 13.2. The van der Waals surface area contributed by atoms with Crippen molar-refractivity contribution in [2.75, 3.05) is 0 Å². The summed E-state index contributed by atoms with van der Waals surface area (Å²) in [7, 11) is -2.20. The van der Waals surface area contributed by atoms with Gasteiger partial charge in [-0.3, -0.25) is 9.59 Å². The first-order valence-electron chi connectivity index (χ1n) is 9.42. The van der Waals surface area contributed by atoms with E-state index in [1.54, 1.807) is 6.08 Å². The van der Waals surface area contributed by atoms with E-state index in [9.17, 15) is 22.8 Å². The van der Waals surface area contributed by atoms with Gasteiger partial charge in [0.25, 0.3) is 0 Å². The van der Waals surface area contributed by atoms with Gasteiger partial charge in [0, 0.05) is 25.0 Å². The van der Waals surface area contributed by atoms with Crippen LogP contribution in [0.5, 0.6) is 0 Å². The van der Waals surface area contributed by atoms with E-state index in [1.807, 2.05) is 5.32 Å². The third-order valence-electron chi connectivity index (χ3n) is 5.12. The Morgan fingerprint density at radius 3 is 2.38 bits per heavy atom. The van der Waals surface area contributed by atoms with E-state index < -0.39 is 26.0 Å². The van der Waals surface area contributed by atoms with Crippen LogP contribution in [0.2, 0.25) is 18.1 Å². The third kappa shape index (κ3) is 7.72. The highest BCUT2D eigenvalue weighted by Crippen LogP contribution is 2.42. The number of amides is 1. The summed E-state index contributed by atoms with van der Waals surface area (Å²) in [5, 5.41) is 1.87. The van der Waals surface area contributed by atoms with Gasteiger partial charge >= 0.3 is 12.1 Å². The maximum atomic E-state index is 12.5. The van der Waals surface area contributed by atoms with Gasteiger partial charge in [0.1, 0.15) is 5.60 Å². The van der Waals surface area contributed by atoms with Gasteiger partial charge in [0.05, 0.1) is 0 Å². The van der Waals surface area contributed by atoms with Crippen LogP contribution < -0.4 is 5.32 Å². The van der Waals surface area contributed by atoms with Crippen LogP contribution in [-0.2, 0) is 14.0 Å². The zero-order valence-corrected chi connectivity index (χ0v) is 18.5. The smallest absolute Gasteiger partial charge is 0.400 e. The molecule has 1 N–H and O–H groups in total. The Kier molecular flexibility index (Phi) is 8.32. The van der Waals surface area contributed by atoms with Gasteiger partial charge in [-0.2, -0.15) is 13.2 Å². The van der Waals surface area contributed by atoms with Crippen molar-refractivity contribution in [2.24, 2.45) is 0 Å². The zero-order chi connectivity index (χ0) is 22.3. The molecule has 0 bridgehead atoms. The van der Waals surface area contributed by atoms with E-state index in [0.29, 0.717) is 32.0 Å². The predicted octanol–water partition coefficient (Wildman–Crippen LogP) is 4.48. The summed E-state index contributed by atoms with van der Waals surface area (Å²) in [6.45, 7) is 10.5. The first-order chi connectivity index (χ1) is 13.2. The minimum Gasteiger partial charge on any atom is -0.400 e. The fourth-order valence-electron chi connectivity index (χ4n) is 2.49. The average Bonchev–Trinajstić information content (AvgIpc) is 2.58. The van der Waals surface area contributed by atoms with Crippen LogP contribution in [0, 0.1) is 23.7 Å². The first kappa shape index (κ1) is 25.0. The Morgan fingerprint density at radius 1 is 1.28 bits per heavy atom. The lowest BCUT2D eigenvalue weighted by molar-refractivity contribution is -0.172. The molecule has 0 unspecified atom stereocenters. The summed E-state index contributed by atoms with van der Waals surface area (Å²) in [5.41, 5.74) is -0.575. The quantitative estimate of drug-likeness (QED) is 0.312. The van der Waals surface area contributed by atoms with Gasteiger partial charge in [-0.05, 0) is 36.9 Å². The largest absolute Gasteiger partial charge is 0.471 e. The van der Waals surface area contributed by atoms with Crippen molar-refractivity contribution in [3.05, 3.63) is 11.8 Å². The second-order valence-electron chi connectivity index (χ2n) is 8.48. The Hall–Kier alpha value is -2.03. The number of aldehydes is 1. The van der Waals surface area contributed by atoms with Gasteiger partial charge < -0.3 is 9.74 Å². The van der Waals surface area contributed by atoms with Crippen molar-refractivity contribution >= 4 is 20.5 Å². The number of rotatable bonds is 4. The monoisotopic (exact) mass is 427 g/mol. The minimum absolute atomic E-state index is 0.0639. The molecule has 0 saturated carbocycles. The number of halogens is 3. The Morgan fingerprint density at radius 2 is 1.90 bits per heavy atom. The highest BCUT2D eigenvalue weighted by molar-refractivity contribution is 6.74. The number of carbonyl (C=O) groups excluding carboxylic acids is 2. The van der Waals surface area contributed by atoms with Crippen LogP contribution in [0.1, 0.15) is 52.9 Å². The number of allylic oxidation sites excluding steroid dienone is 1. The SMILES string of the molecule is CC(C)(C)[Si](C)(C)O[C@]1(C#CCCC#CC=O)CC=C(NC(=O)C(F)(F)F)CC1. The molecule has 1 amide bonds. The molecule has 0 aromatic heterocycles. The lowest BCUT2D eigenvalue weighted by Crippen LogP contribution is -2.50. The normalized spacial score (nSPS) is 19.8. The predicted molar refractivity (Wildman–Crippen MR) is 108 cm³/mol. The van der Waals surface area contributed by atoms with Crippen LogP contribution in [0.4, 0.5) is 13.2 Å². The molecule has 0 saturated heterocycles. The number of hydrogen-bond acceptors (Lipinski definition) is 3. The summed E-state index contributed by atoms with van der Waals surface area (Å²) in [6, 6.07) is 0. The molecule has 29 heavy (non-hydrogen) atoms. The summed E-state index contributed by atoms with van der Waals surface area (Å²) in [6.07, 6.45) is -1.00. The summed E-state index contributed by atoms with van der Waals surface area (Å²) in [5.74, 6) is 9.25. The highest BCUT2D eigenvalue weighted by atomic mass is 28.4. The molecule has 1 aliphatic rings. The minimum atomic E-state index is -4.92. The molecule has 8 heteroatoms. The highest BCUT2D eigenvalue weighted by Gasteiger charge is 2.45. The van der Waals surface area contributed by atoms with Gasteiger partial charge in [0.15, 0.2) is 14.6 Å². The summed E-state index contributed by atoms with van der Waals surface area (Å²) < 4.78 is 44.0. The average molecular weight is 428 g/mol. The molecular weight excluding hydrogens is 399 g/mol. The van der Waals surface area contributed by atoms with Gasteiger partial charge in [-0.25, -0.2) is 0 Å². The van der Waals surface area contributed by atoms with Crippen molar-refractivity contribution in [3.8, 4) is 23.7 Å². The lowest BCUT2D eigenvalue weighted by atomic mass is 9.88. The lowest BCUT2D eigenvalue weighted by Gasteiger charge is -2.44. The topological polar surface area (TPSA) is 55.4 Å². The van der Waals surface area contributed by atoms with Crippen LogP contribution in [0.3, 0.4) is 0 Å². The van der Waals surface area contributed by atoms with Crippen molar-refractivity contribution in [2.45, 2.75) is 82.8 Å². The standard InChI is InChI=1S/C21H28F3NO3Si/c1-19(2,3)29(4,5)28-20(13-9-7-6-8-10-16-26)14-11-17(12-15-20)25-18(27)21(22,23)24/h11,16H,6-7,12,14-15H2,1-5H3,(H,25,27)/t20-/m1/s1. The molecule has 1 rings (SSSR count). The fourth-order valence-corrected chi connectivity index (χ4v) is 4.01. The van der Waals surface area contributed by atoms with Crippen molar-refractivity contribution in [3.63, 3.8) is 0 Å². The Bertz CT molecular complexity index is 773. The molecule has 0 spiro atoms. The molecule has 0 fully saturated rings. The molecule has 0 aliphatic heterocycles. The van der Waals surface area contributed by atoms with Crippen LogP contribution >= 0.6 is 0 Å². The van der Waals surface area contributed by atoms with Crippen LogP contribution in [-0.4, -0.2) is 32.3 Å².